The Hall–Kier alpha value is -3.74. The van der Waals surface area contributed by atoms with Gasteiger partial charge in [-0.25, -0.2) is 4.79 Å². The fraction of sp³-hybridized carbons (Fsp3) is 0.182. The van der Waals surface area contributed by atoms with Gasteiger partial charge in [-0.2, -0.15) is 0 Å². The maximum Gasteiger partial charge on any atom is 0.349 e. The van der Waals surface area contributed by atoms with E-state index in [1.807, 2.05) is 6.07 Å². The molecule has 144 valence electrons. The molecule has 7 heteroatoms. The standard InChI is InChI=1S/C22H17N3O4/c26-19(17-12-15-7-3-4-8-18(15)28-21(17)27)23-22-25-24-20(29-22)16-10-9-13-5-1-2-6-14(13)11-16/h3-4,7-12H,1-2,5-6H2,(H,23,25,26). The van der Waals surface area contributed by atoms with Crippen LogP contribution in [0.4, 0.5) is 6.01 Å². The maximum absolute atomic E-state index is 12.5. The van der Waals surface area contributed by atoms with Gasteiger partial charge in [-0.05, 0) is 61.1 Å². The second-order valence-corrected chi connectivity index (χ2v) is 7.04. The predicted molar refractivity (Wildman–Crippen MR) is 107 cm³/mol. The Morgan fingerprint density at radius 1 is 0.931 bits per heavy atom. The highest BCUT2D eigenvalue weighted by molar-refractivity contribution is 6.04. The quantitative estimate of drug-likeness (QED) is 0.534. The Balaban J connectivity index is 1.39. The lowest BCUT2D eigenvalue weighted by Gasteiger charge is -2.15. The molecule has 1 N–H and O–H groups in total. The van der Waals surface area contributed by atoms with Gasteiger partial charge in [0.25, 0.3) is 5.91 Å². The number of aryl methyl sites for hydroxylation is 2. The fourth-order valence-corrected chi connectivity index (χ4v) is 3.64. The zero-order valence-electron chi connectivity index (χ0n) is 15.5. The lowest BCUT2D eigenvalue weighted by Crippen LogP contribution is -2.20. The van der Waals surface area contributed by atoms with Gasteiger partial charge < -0.3 is 8.83 Å². The van der Waals surface area contributed by atoms with Crippen LogP contribution in [0.15, 0.2) is 62.2 Å². The smallest absolute Gasteiger partial charge is 0.349 e. The molecule has 0 atom stereocenters. The van der Waals surface area contributed by atoms with Gasteiger partial charge in [-0.1, -0.05) is 29.4 Å². The highest BCUT2D eigenvalue weighted by Gasteiger charge is 2.18. The summed E-state index contributed by atoms with van der Waals surface area (Å²) in [6.07, 6.45) is 4.52. The molecule has 1 amide bonds. The van der Waals surface area contributed by atoms with E-state index < -0.39 is 11.5 Å². The first-order chi connectivity index (χ1) is 14.2. The SMILES string of the molecule is O=C(Nc1nnc(-c2ccc3c(c2)CCCC3)o1)c1cc2ccccc2oc1=O. The predicted octanol–water partition coefficient (Wildman–Crippen LogP) is 3.97. The molecule has 0 fully saturated rings. The van der Waals surface area contributed by atoms with Crippen LogP contribution >= 0.6 is 0 Å². The Labute approximate surface area is 165 Å². The van der Waals surface area contributed by atoms with Gasteiger partial charge >= 0.3 is 11.6 Å². The van der Waals surface area contributed by atoms with Crippen LogP contribution in [-0.4, -0.2) is 16.1 Å². The zero-order chi connectivity index (χ0) is 19.8. The van der Waals surface area contributed by atoms with E-state index in [-0.39, 0.29) is 11.6 Å². The Morgan fingerprint density at radius 3 is 2.66 bits per heavy atom. The number of carbonyl (C=O) groups excluding carboxylic acids is 1. The number of benzene rings is 2. The number of fused-ring (bicyclic) bond motifs is 2. The largest absolute Gasteiger partial charge is 0.422 e. The number of hydrogen-bond donors (Lipinski definition) is 1. The molecule has 29 heavy (non-hydrogen) atoms. The van der Waals surface area contributed by atoms with Crippen molar-refractivity contribution in [1.29, 1.82) is 0 Å². The number of anilines is 1. The van der Waals surface area contributed by atoms with Gasteiger partial charge in [0.05, 0.1) is 0 Å². The van der Waals surface area contributed by atoms with Crippen molar-refractivity contribution in [2.45, 2.75) is 25.7 Å². The van der Waals surface area contributed by atoms with Crippen LogP contribution in [0.2, 0.25) is 0 Å². The second kappa shape index (κ2) is 7.01. The summed E-state index contributed by atoms with van der Waals surface area (Å²) in [7, 11) is 0. The summed E-state index contributed by atoms with van der Waals surface area (Å²) in [6.45, 7) is 0. The van der Waals surface area contributed by atoms with Gasteiger partial charge in [0, 0.05) is 10.9 Å². The van der Waals surface area contributed by atoms with Crippen LogP contribution in [0, 0.1) is 0 Å². The molecule has 0 bridgehead atoms. The van der Waals surface area contributed by atoms with E-state index in [1.165, 1.54) is 30.0 Å². The summed E-state index contributed by atoms with van der Waals surface area (Å²) >= 11 is 0. The molecule has 7 nitrogen and oxygen atoms in total. The first-order valence-corrected chi connectivity index (χ1v) is 9.47. The summed E-state index contributed by atoms with van der Waals surface area (Å²) in [5.74, 6) is -0.343. The van der Waals surface area contributed by atoms with Gasteiger partial charge in [0.15, 0.2) is 0 Å². The van der Waals surface area contributed by atoms with Crippen LogP contribution in [0.5, 0.6) is 0 Å². The molecule has 2 heterocycles. The highest BCUT2D eigenvalue weighted by Crippen LogP contribution is 2.27. The van der Waals surface area contributed by atoms with Crippen molar-refractivity contribution in [2.75, 3.05) is 5.32 Å². The van der Waals surface area contributed by atoms with Crippen molar-refractivity contribution >= 4 is 22.9 Å². The molecule has 2 aromatic heterocycles. The number of nitrogens with one attached hydrogen (secondary N) is 1. The van der Waals surface area contributed by atoms with E-state index in [4.69, 9.17) is 8.83 Å². The van der Waals surface area contributed by atoms with Crippen molar-refractivity contribution in [3.05, 3.63) is 75.6 Å². The molecular formula is C22H17N3O4. The summed E-state index contributed by atoms with van der Waals surface area (Å²) < 4.78 is 10.8. The molecule has 0 saturated carbocycles. The van der Waals surface area contributed by atoms with Crippen LogP contribution in [0.1, 0.15) is 34.3 Å². The van der Waals surface area contributed by atoms with Gasteiger partial charge in [-0.3, -0.25) is 10.1 Å². The Morgan fingerprint density at radius 2 is 1.76 bits per heavy atom. The van der Waals surface area contributed by atoms with Crippen molar-refractivity contribution in [1.82, 2.24) is 10.2 Å². The highest BCUT2D eigenvalue weighted by atomic mass is 16.4. The van der Waals surface area contributed by atoms with Crippen molar-refractivity contribution in [3.8, 4) is 11.5 Å². The number of aromatic nitrogens is 2. The monoisotopic (exact) mass is 387 g/mol. The fourth-order valence-electron chi connectivity index (χ4n) is 3.64. The second-order valence-electron chi connectivity index (χ2n) is 7.04. The topological polar surface area (TPSA) is 98.2 Å². The maximum atomic E-state index is 12.5. The van der Waals surface area contributed by atoms with Crippen molar-refractivity contribution < 1.29 is 13.6 Å². The van der Waals surface area contributed by atoms with Crippen LogP contribution < -0.4 is 10.9 Å². The molecule has 2 aromatic carbocycles. The van der Waals surface area contributed by atoms with Gasteiger partial charge in [-0.15, -0.1) is 5.10 Å². The number of amides is 1. The van der Waals surface area contributed by atoms with Crippen molar-refractivity contribution in [2.24, 2.45) is 0 Å². The number of carbonyl (C=O) groups is 1. The minimum atomic E-state index is -0.726. The first-order valence-electron chi connectivity index (χ1n) is 9.47. The molecule has 4 aromatic rings. The van der Waals surface area contributed by atoms with Crippen LogP contribution in [-0.2, 0) is 12.8 Å². The van der Waals surface area contributed by atoms with Gasteiger partial charge in [0.1, 0.15) is 11.1 Å². The third kappa shape index (κ3) is 3.31. The van der Waals surface area contributed by atoms with E-state index in [9.17, 15) is 9.59 Å². The van der Waals surface area contributed by atoms with Crippen molar-refractivity contribution in [3.63, 3.8) is 0 Å². The molecular weight excluding hydrogens is 370 g/mol. The molecule has 0 unspecified atom stereocenters. The molecule has 1 aliphatic rings. The number of nitrogens with zero attached hydrogens (tertiary/aromatic N) is 2. The van der Waals surface area contributed by atoms with Gasteiger partial charge in [0.2, 0.25) is 5.89 Å². The minimum Gasteiger partial charge on any atom is -0.422 e. The summed E-state index contributed by atoms with van der Waals surface area (Å²) in [5.41, 5.74) is 3.03. The van der Waals surface area contributed by atoms with E-state index >= 15 is 0 Å². The molecule has 1 aliphatic carbocycles. The average molecular weight is 387 g/mol. The van der Waals surface area contributed by atoms with Crippen LogP contribution in [0.25, 0.3) is 22.4 Å². The third-order valence-electron chi connectivity index (χ3n) is 5.13. The average Bonchev–Trinajstić information content (AvgIpc) is 3.21. The number of hydrogen-bond acceptors (Lipinski definition) is 6. The molecule has 0 saturated heterocycles. The first kappa shape index (κ1) is 17.4. The molecule has 0 aliphatic heterocycles. The normalized spacial score (nSPS) is 13.2. The zero-order valence-corrected chi connectivity index (χ0v) is 15.5. The summed E-state index contributed by atoms with van der Waals surface area (Å²) in [6, 6.07) is 14.5. The van der Waals surface area contributed by atoms with Crippen LogP contribution in [0.3, 0.4) is 0 Å². The lowest BCUT2D eigenvalue weighted by molar-refractivity contribution is 0.102. The van der Waals surface area contributed by atoms with E-state index in [0.29, 0.717) is 16.9 Å². The summed E-state index contributed by atoms with van der Waals surface area (Å²) in [5, 5.41) is 11.0. The lowest BCUT2D eigenvalue weighted by atomic mass is 9.90. The third-order valence-corrected chi connectivity index (χ3v) is 5.13. The molecule has 0 radical (unpaired) electrons. The molecule has 5 rings (SSSR count). The number of para-hydroxylation sites is 1. The minimum absolute atomic E-state index is 0.0738. The summed E-state index contributed by atoms with van der Waals surface area (Å²) in [4.78, 5) is 24.7. The Kier molecular flexibility index (Phi) is 4.20. The molecule has 0 spiro atoms. The van der Waals surface area contributed by atoms with E-state index in [1.54, 1.807) is 24.3 Å². The Bertz CT molecular complexity index is 1290. The number of rotatable bonds is 3. The van der Waals surface area contributed by atoms with E-state index in [2.05, 4.69) is 27.6 Å². The van der Waals surface area contributed by atoms with E-state index in [0.717, 1.165) is 18.4 Å².